The van der Waals surface area contributed by atoms with Gasteiger partial charge in [-0.1, -0.05) is 30.1 Å². The van der Waals surface area contributed by atoms with Crippen LogP contribution in [0.5, 0.6) is 0 Å². The lowest BCUT2D eigenvalue weighted by Gasteiger charge is -2.09. The second-order valence-electron chi connectivity index (χ2n) is 5.15. The van der Waals surface area contributed by atoms with E-state index in [1.807, 2.05) is 0 Å². The molecule has 0 N–H and O–H groups in total. The molecule has 0 bridgehead atoms. The SMILES string of the molecule is CCS(=O)(=O)c1ccc(Cl)nc1-n1nc2cc(C(F)(F)F)ncc2c1Cl. The zero-order chi connectivity index (χ0) is 19.3. The number of sulfone groups is 1. The molecule has 0 aliphatic carbocycles. The highest BCUT2D eigenvalue weighted by Gasteiger charge is 2.33. The molecular weight excluding hydrogens is 416 g/mol. The maximum atomic E-state index is 12.8. The summed E-state index contributed by atoms with van der Waals surface area (Å²) in [5.41, 5.74) is -1.26. The van der Waals surface area contributed by atoms with E-state index in [2.05, 4.69) is 15.1 Å². The number of hydrogen-bond donors (Lipinski definition) is 0. The molecule has 0 unspecified atom stereocenters. The molecule has 0 saturated heterocycles. The van der Waals surface area contributed by atoms with Gasteiger partial charge in [0.25, 0.3) is 0 Å². The van der Waals surface area contributed by atoms with Gasteiger partial charge in [-0.2, -0.15) is 18.3 Å². The highest BCUT2D eigenvalue weighted by molar-refractivity contribution is 7.91. The van der Waals surface area contributed by atoms with E-state index in [-0.39, 0.29) is 37.7 Å². The fourth-order valence-electron chi connectivity index (χ4n) is 2.21. The first-order valence-corrected chi connectivity index (χ1v) is 9.46. The fraction of sp³-hybridized carbons (Fsp3) is 0.214. The van der Waals surface area contributed by atoms with Crippen LogP contribution < -0.4 is 0 Å². The summed E-state index contributed by atoms with van der Waals surface area (Å²) < 4.78 is 64.0. The van der Waals surface area contributed by atoms with Crippen molar-refractivity contribution in [3.63, 3.8) is 0 Å². The van der Waals surface area contributed by atoms with Crippen LogP contribution in [0.15, 0.2) is 29.3 Å². The number of alkyl halides is 3. The molecule has 3 heterocycles. The fourth-order valence-corrected chi connectivity index (χ4v) is 3.61. The highest BCUT2D eigenvalue weighted by atomic mass is 35.5. The van der Waals surface area contributed by atoms with Gasteiger partial charge < -0.3 is 0 Å². The summed E-state index contributed by atoms with van der Waals surface area (Å²) in [7, 11) is -3.72. The van der Waals surface area contributed by atoms with E-state index >= 15 is 0 Å². The Balaban J connectivity index is 2.30. The Hall–Kier alpha value is -1.91. The van der Waals surface area contributed by atoms with Gasteiger partial charge in [0.2, 0.25) is 0 Å². The van der Waals surface area contributed by atoms with E-state index < -0.39 is 21.7 Å². The van der Waals surface area contributed by atoms with Crippen molar-refractivity contribution < 1.29 is 21.6 Å². The molecule has 138 valence electrons. The van der Waals surface area contributed by atoms with Gasteiger partial charge in [0.05, 0.1) is 16.7 Å². The number of fused-ring (bicyclic) bond motifs is 1. The van der Waals surface area contributed by atoms with Crippen LogP contribution in [-0.2, 0) is 16.0 Å². The molecule has 6 nitrogen and oxygen atoms in total. The molecule has 0 aliphatic heterocycles. The van der Waals surface area contributed by atoms with E-state index in [9.17, 15) is 21.6 Å². The molecule has 12 heteroatoms. The number of rotatable bonds is 3. The van der Waals surface area contributed by atoms with E-state index in [4.69, 9.17) is 23.2 Å². The van der Waals surface area contributed by atoms with Crippen molar-refractivity contribution in [1.82, 2.24) is 19.7 Å². The minimum absolute atomic E-state index is 0.0280. The number of hydrogen-bond acceptors (Lipinski definition) is 5. The Morgan fingerprint density at radius 2 is 1.92 bits per heavy atom. The lowest BCUT2D eigenvalue weighted by atomic mass is 10.3. The first-order chi connectivity index (χ1) is 12.0. The van der Waals surface area contributed by atoms with Crippen molar-refractivity contribution in [3.8, 4) is 5.82 Å². The molecule has 3 aromatic heterocycles. The molecule has 0 spiro atoms. The van der Waals surface area contributed by atoms with Crippen molar-refractivity contribution in [2.24, 2.45) is 0 Å². The zero-order valence-corrected chi connectivity index (χ0v) is 15.2. The molecule has 0 atom stereocenters. The first kappa shape index (κ1) is 18.9. The van der Waals surface area contributed by atoms with E-state index in [1.54, 1.807) is 0 Å². The standard InChI is InChI=1S/C14H9Cl2F3N4O2S/c1-2-26(24,25)9-3-4-11(15)21-13(9)23-12(16)7-6-20-10(14(17,18)19)5-8(7)22-23/h3-6H,2H2,1H3. The molecule has 0 aliphatic rings. The topological polar surface area (TPSA) is 77.7 Å². The Morgan fingerprint density at radius 1 is 1.23 bits per heavy atom. The maximum absolute atomic E-state index is 12.8. The van der Waals surface area contributed by atoms with Crippen LogP contribution in [0.2, 0.25) is 10.3 Å². The van der Waals surface area contributed by atoms with Gasteiger partial charge in [-0.15, -0.1) is 0 Å². The van der Waals surface area contributed by atoms with E-state index in [1.165, 1.54) is 19.1 Å². The molecule has 0 aromatic carbocycles. The molecule has 26 heavy (non-hydrogen) atoms. The molecule has 0 saturated carbocycles. The smallest absolute Gasteiger partial charge is 0.251 e. The Labute approximate surface area is 155 Å². The third kappa shape index (κ3) is 3.24. The largest absolute Gasteiger partial charge is 0.433 e. The second-order valence-corrected chi connectivity index (χ2v) is 8.14. The van der Waals surface area contributed by atoms with Crippen LogP contribution >= 0.6 is 23.2 Å². The predicted octanol–water partition coefficient (Wildman–Crippen LogP) is 3.93. The summed E-state index contributed by atoms with van der Waals surface area (Å²) >= 11 is 12.0. The van der Waals surface area contributed by atoms with Gasteiger partial charge in [-0.25, -0.2) is 18.1 Å². The first-order valence-electron chi connectivity index (χ1n) is 7.05. The average molecular weight is 425 g/mol. The van der Waals surface area contributed by atoms with Crippen molar-refractivity contribution in [3.05, 3.63) is 40.4 Å². The van der Waals surface area contributed by atoms with Gasteiger partial charge in [0.1, 0.15) is 20.9 Å². The minimum Gasteiger partial charge on any atom is -0.251 e. The van der Waals surface area contributed by atoms with Gasteiger partial charge in [0, 0.05) is 6.20 Å². The van der Waals surface area contributed by atoms with Crippen LogP contribution in [0, 0.1) is 0 Å². The summed E-state index contributed by atoms with van der Waals surface area (Å²) in [6.07, 6.45) is -3.74. The average Bonchev–Trinajstić information content (AvgIpc) is 2.90. The quantitative estimate of drug-likeness (QED) is 0.595. The molecule has 0 radical (unpaired) electrons. The summed E-state index contributed by atoms with van der Waals surface area (Å²) in [5, 5.41) is 3.91. The van der Waals surface area contributed by atoms with Crippen molar-refractivity contribution in [1.29, 1.82) is 0 Å². The normalized spacial score (nSPS) is 12.7. The molecule has 3 aromatic rings. The van der Waals surface area contributed by atoms with E-state index in [0.717, 1.165) is 16.9 Å². The van der Waals surface area contributed by atoms with Crippen molar-refractivity contribution >= 4 is 43.9 Å². The van der Waals surface area contributed by atoms with Gasteiger partial charge >= 0.3 is 6.18 Å². The van der Waals surface area contributed by atoms with Crippen LogP contribution in [0.1, 0.15) is 12.6 Å². The number of nitrogens with zero attached hydrogens (tertiary/aromatic N) is 4. The van der Waals surface area contributed by atoms with Crippen LogP contribution in [0.25, 0.3) is 16.7 Å². The molecule has 3 rings (SSSR count). The number of halogens is 5. The van der Waals surface area contributed by atoms with Crippen molar-refractivity contribution in [2.75, 3.05) is 5.75 Å². The van der Waals surface area contributed by atoms with Crippen LogP contribution in [0.4, 0.5) is 13.2 Å². The van der Waals surface area contributed by atoms with E-state index in [0.29, 0.717) is 0 Å². The number of pyridine rings is 2. The Bertz CT molecular complexity index is 1110. The predicted molar refractivity (Wildman–Crippen MR) is 89.4 cm³/mol. The summed E-state index contributed by atoms with van der Waals surface area (Å²) in [6, 6.07) is 3.25. The molecular formula is C14H9Cl2F3N4O2S. The third-order valence-corrected chi connectivity index (χ3v) is 5.83. The number of aromatic nitrogens is 4. The van der Waals surface area contributed by atoms with Gasteiger partial charge in [-0.05, 0) is 18.2 Å². The lowest BCUT2D eigenvalue weighted by molar-refractivity contribution is -0.141. The van der Waals surface area contributed by atoms with Crippen LogP contribution in [0.3, 0.4) is 0 Å². The summed E-state index contributed by atoms with van der Waals surface area (Å²) in [6.45, 7) is 1.44. The Morgan fingerprint density at radius 3 is 2.54 bits per heavy atom. The van der Waals surface area contributed by atoms with Gasteiger partial charge in [0.15, 0.2) is 15.7 Å². The summed E-state index contributed by atoms with van der Waals surface area (Å²) in [5.74, 6) is -0.421. The highest BCUT2D eigenvalue weighted by Crippen LogP contribution is 2.33. The van der Waals surface area contributed by atoms with Crippen LogP contribution in [-0.4, -0.2) is 33.9 Å². The molecule has 0 fully saturated rings. The van der Waals surface area contributed by atoms with Gasteiger partial charge in [-0.3, -0.25) is 4.98 Å². The maximum Gasteiger partial charge on any atom is 0.433 e. The lowest BCUT2D eigenvalue weighted by Crippen LogP contribution is -2.11. The minimum atomic E-state index is -4.66. The summed E-state index contributed by atoms with van der Waals surface area (Å²) in [4.78, 5) is 7.08. The second kappa shape index (κ2) is 6.36. The third-order valence-electron chi connectivity index (χ3n) is 3.51. The van der Waals surface area contributed by atoms with Crippen molar-refractivity contribution in [2.45, 2.75) is 18.0 Å². The molecule has 0 amide bonds. The monoisotopic (exact) mass is 424 g/mol. The zero-order valence-electron chi connectivity index (χ0n) is 12.9. The Kier molecular flexibility index (Phi) is 4.62.